The summed E-state index contributed by atoms with van der Waals surface area (Å²) in [5.74, 6) is 3.14. The van der Waals surface area contributed by atoms with Crippen molar-refractivity contribution in [1.82, 2.24) is 9.78 Å². The highest BCUT2D eigenvalue weighted by molar-refractivity contribution is 5.85. The number of aromatic nitrogens is 2. The highest BCUT2D eigenvalue weighted by atomic mass is 16.3. The Labute approximate surface area is 192 Å². The molecule has 0 amide bonds. The molecule has 4 aliphatic carbocycles. The molecule has 4 fully saturated rings. The van der Waals surface area contributed by atoms with Crippen molar-refractivity contribution in [2.24, 2.45) is 40.4 Å². The van der Waals surface area contributed by atoms with Crippen LogP contribution in [-0.4, -0.2) is 26.3 Å². The number of nitrogens with zero attached hydrogens (tertiary/aromatic N) is 3. The number of rotatable bonds is 3. The Kier molecular flexibility index (Phi) is 5.13. The van der Waals surface area contributed by atoms with Gasteiger partial charge in [-0.15, -0.1) is 0 Å². The van der Waals surface area contributed by atoms with Crippen molar-refractivity contribution in [2.75, 3.05) is 0 Å². The van der Waals surface area contributed by atoms with Crippen LogP contribution in [0.3, 0.4) is 0 Å². The van der Waals surface area contributed by atoms with E-state index in [1.54, 1.807) is 17.1 Å². The number of nitriles is 1. The summed E-state index contributed by atoms with van der Waals surface area (Å²) in [6.07, 6.45) is 13.3. The molecule has 0 unspecified atom stereocenters. The molecular weight excluding hydrogens is 398 g/mol. The van der Waals surface area contributed by atoms with E-state index in [1.165, 1.54) is 25.7 Å². The molecule has 32 heavy (non-hydrogen) atoms. The van der Waals surface area contributed by atoms with Crippen molar-refractivity contribution in [3.05, 3.63) is 18.0 Å². The van der Waals surface area contributed by atoms with Gasteiger partial charge in [0, 0.05) is 12.1 Å². The molecule has 0 saturated heterocycles. The minimum Gasteiger partial charge on any atom is -0.390 e. The standard InChI is InChI=1S/C27H39N3O2/c1-17(30-16-18(14-28)15-29-30)24(31)23-8-7-21-20-6-5-19-13-25(2,32)11-12-26(19,3)22(20)9-10-27(21,23)4/h15-17,19-23,32H,5-13H2,1-4H3/t17-,19+,20+,21+,22+,23-,25-,26+,27+/m1/s1. The van der Waals surface area contributed by atoms with E-state index < -0.39 is 5.60 Å². The number of carbonyl (C=O) groups is 1. The monoisotopic (exact) mass is 437 g/mol. The lowest BCUT2D eigenvalue weighted by atomic mass is 9.44. The highest BCUT2D eigenvalue weighted by Crippen LogP contribution is 2.68. The smallest absolute Gasteiger partial charge is 0.160 e. The van der Waals surface area contributed by atoms with Gasteiger partial charge in [-0.25, -0.2) is 0 Å². The van der Waals surface area contributed by atoms with Gasteiger partial charge in [-0.05, 0) is 106 Å². The lowest BCUT2D eigenvalue weighted by molar-refractivity contribution is -0.151. The van der Waals surface area contributed by atoms with E-state index in [1.807, 2.05) is 13.8 Å². The molecule has 4 saturated carbocycles. The Morgan fingerprint density at radius 3 is 2.59 bits per heavy atom. The summed E-state index contributed by atoms with van der Waals surface area (Å²) < 4.78 is 1.68. The van der Waals surface area contributed by atoms with Gasteiger partial charge >= 0.3 is 0 Å². The van der Waals surface area contributed by atoms with Crippen LogP contribution in [0.5, 0.6) is 0 Å². The molecule has 0 aliphatic heterocycles. The van der Waals surface area contributed by atoms with Crippen LogP contribution in [0.2, 0.25) is 0 Å². The maximum atomic E-state index is 13.7. The molecule has 0 aromatic carbocycles. The van der Waals surface area contributed by atoms with Gasteiger partial charge in [0.25, 0.3) is 0 Å². The van der Waals surface area contributed by atoms with E-state index in [9.17, 15) is 9.90 Å². The van der Waals surface area contributed by atoms with Gasteiger partial charge in [0.2, 0.25) is 0 Å². The van der Waals surface area contributed by atoms with E-state index >= 15 is 0 Å². The van der Waals surface area contributed by atoms with E-state index in [-0.39, 0.29) is 17.4 Å². The maximum Gasteiger partial charge on any atom is 0.160 e. The van der Waals surface area contributed by atoms with E-state index in [4.69, 9.17) is 5.26 Å². The number of fused-ring (bicyclic) bond motifs is 5. The predicted octanol–water partition coefficient (Wildman–Crippen LogP) is 5.29. The van der Waals surface area contributed by atoms with Crippen LogP contribution in [-0.2, 0) is 4.79 Å². The molecule has 1 N–H and O–H groups in total. The van der Waals surface area contributed by atoms with Gasteiger partial charge in [-0.3, -0.25) is 9.48 Å². The first-order chi connectivity index (χ1) is 15.1. The summed E-state index contributed by atoms with van der Waals surface area (Å²) in [4.78, 5) is 13.7. The van der Waals surface area contributed by atoms with Crippen LogP contribution < -0.4 is 0 Å². The Hall–Kier alpha value is -1.67. The molecular formula is C27H39N3O2. The van der Waals surface area contributed by atoms with E-state index in [0.29, 0.717) is 28.6 Å². The van der Waals surface area contributed by atoms with Gasteiger partial charge in [0.1, 0.15) is 12.1 Å². The second kappa shape index (κ2) is 7.42. The Morgan fingerprint density at radius 1 is 1.12 bits per heavy atom. The number of hydrogen-bond acceptors (Lipinski definition) is 4. The molecule has 1 aromatic heterocycles. The third-order valence-electron chi connectivity index (χ3n) is 10.8. The van der Waals surface area contributed by atoms with E-state index in [2.05, 4.69) is 25.0 Å². The van der Waals surface area contributed by atoms with Crippen LogP contribution in [0.15, 0.2) is 12.4 Å². The molecule has 1 aromatic rings. The summed E-state index contributed by atoms with van der Waals surface area (Å²) >= 11 is 0. The number of aliphatic hydroxyl groups is 1. The van der Waals surface area contributed by atoms with Crippen molar-refractivity contribution < 1.29 is 9.90 Å². The first-order valence-electron chi connectivity index (χ1n) is 12.8. The summed E-state index contributed by atoms with van der Waals surface area (Å²) in [7, 11) is 0. The average Bonchev–Trinajstić information content (AvgIpc) is 3.37. The normalized spacial score (nSPS) is 46.4. The molecule has 9 atom stereocenters. The highest BCUT2D eigenvalue weighted by Gasteiger charge is 2.62. The summed E-state index contributed by atoms with van der Waals surface area (Å²) in [5, 5.41) is 24.1. The second-order valence-electron chi connectivity index (χ2n) is 12.4. The summed E-state index contributed by atoms with van der Waals surface area (Å²) in [5.41, 5.74) is 0.460. The lowest BCUT2D eigenvalue weighted by Crippen LogP contribution is -2.55. The van der Waals surface area contributed by atoms with Crippen molar-refractivity contribution in [3.63, 3.8) is 0 Å². The number of Topliss-reactive ketones (excluding diaryl/α,β-unsaturated/α-hetero) is 1. The second-order valence-corrected chi connectivity index (χ2v) is 12.4. The topological polar surface area (TPSA) is 78.9 Å². The molecule has 174 valence electrons. The van der Waals surface area contributed by atoms with Crippen LogP contribution in [0.4, 0.5) is 0 Å². The van der Waals surface area contributed by atoms with Crippen molar-refractivity contribution in [2.45, 2.75) is 97.1 Å². The predicted molar refractivity (Wildman–Crippen MR) is 123 cm³/mol. The zero-order valence-electron chi connectivity index (χ0n) is 20.2. The van der Waals surface area contributed by atoms with Gasteiger partial charge in [0.15, 0.2) is 5.78 Å². The molecule has 5 rings (SSSR count). The van der Waals surface area contributed by atoms with Crippen LogP contribution in [0, 0.1) is 51.8 Å². The van der Waals surface area contributed by atoms with Crippen molar-refractivity contribution in [3.8, 4) is 6.07 Å². The van der Waals surface area contributed by atoms with Gasteiger partial charge in [0.05, 0.1) is 17.4 Å². The summed E-state index contributed by atoms with van der Waals surface area (Å²) in [6.45, 7) is 8.90. The van der Waals surface area contributed by atoms with Crippen LogP contribution in [0.1, 0.15) is 97.1 Å². The quantitative estimate of drug-likeness (QED) is 0.696. The van der Waals surface area contributed by atoms with Gasteiger partial charge in [-0.1, -0.05) is 13.8 Å². The fourth-order valence-electron chi connectivity index (χ4n) is 8.93. The molecule has 5 heteroatoms. The van der Waals surface area contributed by atoms with Gasteiger partial charge < -0.3 is 5.11 Å². The molecule has 0 bridgehead atoms. The average molecular weight is 438 g/mol. The van der Waals surface area contributed by atoms with Crippen LogP contribution >= 0.6 is 0 Å². The fourth-order valence-corrected chi connectivity index (χ4v) is 8.93. The molecule has 1 heterocycles. The van der Waals surface area contributed by atoms with E-state index in [0.717, 1.165) is 43.9 Å². The third-order valence-corrected chi connectivity index (χ3v) is 10.8. The third kappa shape index (κ3) is 3.20. The van der Waals surface area contributed by atoms with Crippen LogP contribution in [0.25, 0.3) is 0 Å². The number of ketones is 1. The lowest BCUT2D eigenvalue weighted by Gasteiger charge is -2.61. The SMILES string of the molecule is C[C@H](C(=O)[C@H]1CC[C@H]2[C@@H]3CC[C@H]4C[C@](C)(O)CC[C@]4(C)[C@H]3CC[C@]12C)n1cc(C#N)cn1. The minimum atomic E-state index is -0.487. The molecule has 0 radical (unpaired) electrons. The maximum absolute atomic E-state index is 13.7. The molecule has 5 nitrogen and oxygen atoms in total. The Balaban J connectivity index is 1.36. The largest absolute Gasteiger partial charge is 0.390 e. The fraction of sp³-hybridized carbons (Fsp3) is 0.815. The Morgan fingerprint density at radius 2 is 1.88 bits per heavy atom. The zero-order chi connectivity index (χ0) is 22.9. The first-order valence-corrected chi connectivity index (χ1v) is 12.8. The number of hydrogen-bond donors (Lipinski definition) is 1. The number of carbonyl (C=O) groups excluding carboxylic acids is 1. The zero-order valence-corrected chi connectivity index (χ0v) is 20.2. The minimum absolute atomic E-state index is 0.0844. The van der Waals surface area contributed by atoms with Crippen molar-refractivity contribution >= 4 is 5.78 Å². The molecule has 4 aliphatic rings. The first kappa shape index (κ1) is 22.1. The Bertz CT molecular complexity index is 945. The van der Waals surface area contributed by atoms with Crippen molar-refractivity contribution in [1.29, 1.82) is 5.26 Å². The van der Waals surface area contributed by atoms with Gasteiger partial charge in [-0.2, -0.15) is 10.4 Å². The summed E-state index contributed by atoms with van der Waals surface area (Å²) in [6, 6.07) is 1.80. The molecule has 0 spiro atoms.